The summed E-state index contributed by atoms with van der Waals surface area (Å²) in [5.41, 5.74) is 6.62. The maximum atomic E-state index is 14.4. The molecule has 0 saturated heterocycles. The third-order valence-corrected chi connectivity index (χ3v) is 7.34. The Hall–Kier alpha value is -3.21. The fraction of sp³-hybridized carbons (Fsp3) is 0.261. The summed E-state index contributed by atoms with van der Waals surface area (Å²) in [5.74, 6) is -0.156. The van der Waals surface area contributed by atoms with Crippen LogP contribution in [0.15, 0.2) is 48.7 Å². The van der Waals surface area contributed by atoms with Gasteiger partial charge in [-0.3, -0.25) is 14.8 Å². The van der Waals surface area contributed by atoms with Crippen LogP contribution in [0.1, 0.15) is 35.0 Å². The van der Waals surface area contributed by atoms with Crippen LogP contribution in [0.3, 0.4) is 0 Å². The number of imidazole rings is 1. The zero-order valence-electron chi connectivity index (χ0n) is 18.3. The number of hydrogen-bond donors (Lipinski definition) is 2. The van der Waals surface area contributed by atoms with E-state index in [2.05, 4.69) is 34.0 Å². The molecule has 0 bridgehead atoms. The van der Waals surface area contributed by atoms with Gasteiger partial charge in [-0.15, -0.1) is 16.9 Å². The number of likely N-dealkylation sites (N-methyl/N-ethyl adjacent to an activating group) is 1. The van der Waals surface area contributed by atoms with Crippen molar-refractivity contribution in [3.8, 4) is 0 Å². The molecule has 0 spiro atoms. The Labute approximate surface area is 203 Å². The molecule has 3 aromatic heterocycles. The van der Waals surface area contributed by atoms with E-state index in [0.717, 1.165) is 10.5 Å². The highest BCUT2D eigenvalue weighted by Crippen LogP contribution is 2.41. The average Bonchev–Trinajstić information content (AvgIpc) is 3.30. The normalized spacial score (nSPS) is 16.0. The number of thiazole rings is 1. The lowest BCUT2D eigenvalue weighted by molar-refractivity contribution is -0.119. The van der Waals surface area contributed by atoms with Crippen molar-refractivity contribution >= 4 is 44.6 Å². The maximum absolute atomic E-state index is 14.4. The highest BCUT2D eigenvalue weighted by Gasteiger charge is 2.26. The molecule has 8 nitrogen and oxygen atoms in total. The molecule has 2 aliphatic rings. The number of rotatable bonds is 6. The first-order chi connectivity index (χ1) is 16.5. The molecule has 1 saturated carbocycles. The Morgan fingerprint density at radius 3 is 3.03 bits per heavy atom. The highest BCUT2D eigenvalue weighted by atomic mass is 35.5. The van der Waals surface area contributed by atoms with Gasteiger partial charge >= 0.3 is 0 Å². The zero-order chi connectivity index (χ0) is 23.4. The summed E-state index contributed by atoms with van der Waals surface area (Å²) in [6.07, 6.45) is 7.40. The predicted molar refractivity (Wildman–Crippen MR) is 128 cm³/mol. The van der Waals surface area contributed by atoms with Crippen LogP contribution < -0.4 is 10.9 Å². The number of amides is 1. The van der Waals surface area contributed by atoms with Gasteiger partial charge in [-0.1, -0.05) is 17.7 Å². The highest BCUT2D eigenvalue weighted by molar-refractivity contribution is 7.18. The number of benzene rings is 1. The molecule has 174 valence electrons. The van der Waals surface area contributed by atoms with Crippen LogP contribution in [0.5, 0.6) is 0 Å². The number of halogens is 2. The molecule has 1 aliphatic carbocycles. The van der Waals surface area contributed by atoms with Gasteiger partial charge in [0.15, 0.2) is 5.82 Å². The molecule has 1 aliphatic heterocycles. The van der Waals surface area contributed by atoms with Crippen LogP contribution in [0.4, 0.5) is 4.39 Å². The topological polar surface area (TPSA) is 77.8 Å². The third kappa shape index (κ3) is 3.87. The standard InChI is InChI=1S/C23H21ClFN7OS/c1-30-18(23(33)26-9-17-22-21(25)15(24)6-7-31(22)12-27-17)10-32(29-30)11-20-28-16-5-4-14(13-2-3-13)8-19(16)34-20/h4-8,10,12-13,29H,2-3,9,11H2,1H3,(H,26,33). The van der Waals surface area contributed by atoms with Gasteiger partial charge in [0.2, 0.25) is 0 Å². The minimum Gasteiger partial charge on any atom is -0.345 e. The van der Waals surface area contributed by atoms with Gasteiger partial charge in [0.05, 0.1) is 40.4 Å². The molecule has 4 aromatic rings. The second-order valence-corrected chi connectivity index (χ2v) is 10.0. The van der Waals surface area contributed by atoms with Gasteiger partial charge in [0.1, 0.15) is 16.2 Å². The second-order valence-electron chi connectivity index (χ2n) is 8.52. The maximum Gasteiger partial charge on any atom is 0.270 e. The van der Waals surface area contributed by atoms with Crippen molar-refractivity contribution < 1.29 is 9.18 Å². The van der Waals surface area contributed by atoms with E-state index in [9.17, 15) is 9.18 Å². The van der Waals surface area contributed by atoms with Crippen LogP contribution in [0.25, 0.3) is 15.7 Å². The van der Waals surface area contributed by atoms with Crippen molar-refractivity contribution in [2.45, 2.75) is 31.8 Å². The lowest BCUT2D eigenvalue weighted by Crippen LogP contribution is -2.40. The molecule has 1 aromatic carbocycles. The molecule has 1 fully saturated rings. The molecule has 34 heavy (non-hydrogen) atoms. The minimum atomic E-state index is -0.559. The number of fused-ring (bicyclic) bond motifs is 2. The Morgan fingerprint density at radius 1 is 1.35 bits per heavy atom. The number of pyridine rings is 1. The first-order valence-electron chi connectivity index (χ1n) is 10.9. The number of hydrogen-bond acceptors (Lipinski definition) is 7. The number of nitrogens with zero attached hydrogens (tertiary/aromatic N) is 5. The molecule has 0 radical (unpaired) electrons. The van der Waals surface area contributed by atoms with E-state index in [-0.39, 0.29) is 23.0 Å². The van der Waals surface area contributed by atoms with Crippen molar-refractivity contribution in [3.63, 3.8) is 0 Å². The van der Waals surface area contributed by atoms with Crippen molar-refractivity contribution in [2.75, 3.05) is 7.05 Å². The average molecular weight is 498 g/mol. The smallest absolute Gasteiger partial charge is 0.270 e. The molecule has 6 rings (SSSR count). The Balaban J connectivity index is 1.14. The largest absolute Gasteiger partial charge is 0.345 e. The number of aromatic nitrogens is 3. The second kappa shape index (κ2) is 8.23. The van der Waals surface area contributed by atoms with Gasteiger partial charge in [0.25, 0.3) is 5.91 Å². The molecule has 2 N–H and O–H groups in total. The van der Waals surface area contributed by atoms with Crippen LogP contribution in [-0.4, -0.2) is 37.3 Å². The van der Waals surface area contributed by atoms with E-state index in [1.807, 2.05) is 5.01 Å². The van der Waals surface area contributed by atoms with E-state index in [1.54, 1.807) is 40.2 Å². The number of carbonyl (C=O) groups excluding carboxylic acids is 1. The molecule has 0 unspecified atom stereocenters. The lowest BCUT2D eigenvalue weighted by Gasteiger charge is -2.19. The zero-order valence-corrected chi connectivity index (χ0v) is 19.8. The first kappa shape index (κ1) is 21.3. The van der Waals surface area contributed by atoms with E-state index < -0.39 is 5.82 Å². The van der Waals surface area contributed by atoms with E-state index in [4.69, 9.17) is 16.6 Å². The summed E-state index contributed by atoms with van der Waals surface area (Å²) in [5, 5.41) is 7.23. The Kier molecular flexibility index (Phi) is 5.16. The summed E-state index contributed by atoms with van der Waals surface area (Å²) in [4.78, 5) is 21.8. The van der Waals surface area contributed by atoms with E-state index >= 15 is 0 Å². The fourth-order valence-electron chi connectivity index (χ4n) is 4.14. The summed E-state index contributed by atoms with van der Waals surface area (Å²) in [6, 6.07) is 7.99. The summed E-state index contributed by atoms with van der Waals surface area (Å²) >= 11 is 7.57. The van der Waals surface area contributed by atoms with Crippen LogP contribution >= 0.6 is 22.9 Å². The molecular formula is C23H21ClFN7OS. The SMILES string of the molecule is CN1NN(Cc2nc3ccc(C4CC4)cc3s2)C=C1C(=O)NCc1ncn2ccc(Cl)c(F)c12. The Bertz CT molecular complexity index is 1460. The summed E-state index contributed by atoms with van der Waals surface area (Å²) in [7, 11) is 1.76. The Morgan fingerprint density at radius 2 is 2.21 bits per heavy atom. The third-order valence-electron chi connectivity index (χ3n) is 6.05. The van der Waals surface area contributed by atoms with Gasteiger partial charge in [-0.2, -0.15) is 0 Å². The minimum absolute atomic E-state index is 0.0114. The van der Waals surface area contributed by atoms with Crippen molar-refractivity contribution in [2.24, 2.45) is 0 Å². The summed E-state index contributed by atoms with van der Waals surface area (Å²) in [6.45, 7) is 0.591. The number of hydrazine groups is 2. The first-order valence-corrected chi connectivity index (χ1v) is 12.1. The van der Waals surface area contributed by atoms with E-state index in [0.29, 0.717) is 23.9 Å². The van der Waals surface area contributed by atoms with Gasteiger partial charge in [0, 0.05) is 19.4 Å². The fourth-order valence-corrected chi connectivity index (χ4v) is 5.30. The van der Waals surface area contributed by atoms with Gasteiger partial charge < -0.3 is 9.72 Å². The van der Waals surface area contributed by atoms with Crippen LogP contribution in [0, 0.1) is 5.82 Å². The number of carbonyl (C=O) groups is 1. The molecule has 4 heterocycles. The molecule has 1 amide bonds. The number of nitrogens with one attached hydrogen (secondary N) is 2. The van der Waals surface area contributed by atoms with Gasteiger partial charge in [-0.25, -0.2) is 14.4 Å². The lowest BCUT2D eigenvalue weighted by atomic mass is 10.1. The summed E-state index contributed by atoms with van der Waals surface area (Å²) < 4.78 is 17.2. The van der Waals surface area contributed by atoms with Gasteiger partial charge in [-0.05, 0) is 42.5 Å². The van der Waals surface area contributed by atoms with Crippen molar-refractivity contribution in [1.82, 2.24) is 35.2 Å². The van der Waals surface area contributed by atoms with Crippen molar-refractivity contribution in [1.29, 1.82) is 0 Å². The van der Waals surface area contributed by atoms with Crippen LogP contribution in [0.2, 0.25) is 5.02 Å². The molecular weight excluding hydrogens is 477 g/mol. The monoisotopic (exact) mass is 497 g/mol. The quantitative estimate of drug-likeness (QED) is 0.420. The van der Waals surface area contributed by atoms with Crippen molar-refractivity contribution in [3.05, 3.63) is 75.8 Å². The van der Waals surface area contributed by atoms with E-state index in [1.165, 1.54) is 35.5 Å². The van der Waals surface area contributed by atoms with Crippen LogP contribution in [-0.2, 0) is 17.9 Å². The molecule has 11 heteroatoms. The molecule has 0 atom stereocenters. The predicted octanol–water partition coefficient (Wildman–Crippen LogP) is 3.94.